The van der Waals surface area contributed by atoms with Gasteiger partial charge in [-0.1, -0.05) is 56.7 Å². The predicted octanol–water partition coefficient (Wildman–Crippen LogP) is 4.14. The monoisotopic (exact) mass is 918 g/mol. The third-order valence-electron chi connectivity index (χ3n) is 11.7. The van der Waals surface area contributed by atoms with Gasteiger partial charge in [0.25, 0.3) is 17.7 Å². The quantitative estimate of drug-likeness (QED) is 0.0514. The summed E-state index contributed by atoms with van der Waals surface area (Å²) >= 11 is 0. The Balaban J connectivity index is 0.974. The number of benzene rings is 3. The molecule has 19 nitrogen and oxygen atoms in total. The van der Waals surface area contributed by atoms with Gasteiger partial charge in [0.2, 0.25) is 17.7 Å². The van der Waals surface area contributed by atoms with E-state index in [1.165, 1.54) is 12.2 Å². The number of fused-ring (bicyclic) bond motifs is 1. The molecular weight excluding hydrogens is 861 g/mol. The smallest absolute Gasteiger partial charge is 0.410 e. The molecule has 8 N–H and O–H groups in total. The van der Waals surface area contributed by atoms with Crippen LogP contribution in [0.25, 0.3) is 16.6 Å². The van der Waals surface area contributed by atoms with Crippen LogP contribution in [0.2, 0.25) is 0 Å². The minimum absolute atomic E-state index is 0.00477. The van der Waals surface area contributed by atoms with E-state index < -0.39 is 41.9 Å². The van der Waals surface area contributed by atoms with E-state index in [1.807, 2.05) is 36.5 Å². The number of rotatable bonds is 21. The van der Waals surface area contributed by atoms with Gasteiger partial charge in [-0.15, -0.1) is 0 Å². The lowest BCUT2D eigenvalue weighted by atomic mass is 9.91. The number of carbonyl (C=O) groups excluding carboxylic acids is 8. The van der Waals surface area contributed by atoms with Gasteiger partial charge in [0.1, 0.15) is 24.2 Å². The molecule has 1 aromatic heterocycles. The fourth-order valence-electron chi connectivity index (χ4n) is 8.05. The van der Waals surface area contributed by atoms with Crippen LogP contribution in [-0.2, 0) is 35.3 Å². The van der Waals surface area contributed by atoms with Gasteiger partial charge in [-0.3, -0.25) is 33.7 Å². The number of nitrogens with zero attached hydrogens (tertiary/aromatic N) is 4. The summed E-state index contributed by atoms with van der Waals surface area (Å²) in [7, 11) is 0. The van der Waals surface area contributed by atoms with Crippen molar-refractivity contribution in [2.75, 3.05) is 31.5 Å². The Morgan fingerprint density at radius 3 is 2.27 bits per heavy atom. The standard InChI is InChI=1S/C48H58N10O9/c1-30(2)42(54-39(59)13-4-3-5-26-57-40(60)22-23-41(57)61)46(64)53-38(12-7-24-51-47(50)65)45(63)52-35-18-14-31(15-19-35)29-67-48(66)56-25-8-10-33(27-56)32-16-20-36(21-17-32)58-28-34-9-6-11-37(44(49)62)43(34)55-58/h6,9,11,14-23,28,30,33,38,42H,3-5,7-8,10,12-13,24-27,29H2,1-2H3,(H2,49,62)(H,52,63)(H,53,64)(H,54,59)(H3,50,51,65)/t33-,38+,42+/m1/s1. The molecule has 0 saturated carbocycles. The predicted molar refractivity (Wildman–Crippen MR) is 248 cm³/mol. The fourth-order valence-corrected chi connectivity index (χ4v) is 8.05. The lowest BCUT2D eigenvalue weighted by Gasteiger charge is -2.32. The fraction of sp³-hybridized carbons (Fsp3) is 0.396. The molecule has 3 heterocycles. The van der Waals surface area contributed by atoms with Crippen molar-refractivity contribution >= 4 is 64.2 Å². The maximum Gasteiger partial charge on any atom is 0.410 e. The number of aromatic nitrogens is 2. The minimum Gasteiger partial charge on any atom is -0.445 e. The van der Waals surface area contributed by atoms with Crippen LogP contribution in [0.4, 0.5) is 15.3 Å². The number of unbranched alkanes of at least 4 members (excludes halogenated alkanes) is 2. The maximum absolute atomic E-state index is 13.6. The summed E-state index contributed by atoms with van der Waals surface area (Å²) in [4.78, 5) is 103. The lowest BCUT2D eigenvalue weighted by molar-refractivity contribution is -0.137. The highest BCUT2D eigenvalue weighted by molar-refractivity contribution is 6.12. The molecule has 4 aromatic rings. The van der Waals surface area contributed by atoms with Crippen molar-refractivity contribution in [2.45, 2.75) is 89.8 Å². The van der Waals surface area contributed by atoms with Crippen molar-refractivity contribution in [3.05, 3.63) is 102 Å². The molecule has 3 aromatic carbocycles. The van der Waals surface area contributed by atoms with Crippen molar-refractivity contribution < 1.29 is 43.1 Å². The summed E-state index contributed by atoms with van der Waals surface area (Å²) in [5.41, 5.74) is 14.7. The number of primary amides is 2. The molecule has 1 saturated heterocycles. The first-order valence-corrected chi connectivity index (χ1v) is 22.5. The van der Waals surface area contributed by atoms with Gasteiger partial charge in [-0.05, 0) is 85.9 Å². The van der Waals surface area contributed by atoms with E-state index in [1.54, 1.807) is 59.8 Å². The summed E-state index contributed by atoms with van der Waals surface area (Å²) in [6, 6.07) is 17.3. The first-order valence-electron chi connectivity index (χ1n) is 22.5. The third-order valence-corrected chi connectivity index (χ3v) is 11.7. The second kappa shape index (κ2) is 23.1. The van der Waals surface area contributed by atoms with E-state index in [0.29, 0.717) is 61.1 Å². The number of hydrogen-bond acceptors (Lipinski definition) is 10. The second-order valence-electron chi connectivity index (χ2n) is 17.1. The summed E-state index contributed by atoms with van der Waals surface area (Å²) in [6.07, 6.45) is 7.77. The van der Waals surface area contributed by atoms with Gasteiger partial charge in [-0.2, -0.15) is 5.10 Å². The third kappa shape index (κ3) is 13.5. The topological polar surface area (TPSA) is 270 Å². The zero-order chi connectivity index (χ0) is 48.0. The normalized spacial score (nSPS) is 15.6. The molecule has 2 aliphatic rings. The van der Waals surface area contributed by atoms with Crippen LogP contribution in [0.1, 0.15) is 92.6 Å². The number of likely N-dealkylation sites (tertiary alicyclic amines) is 1. The number of nitrogens with one attached hydrogen (secondary N) is 4. The van der Waals surface area contributed by atoms with Crippen LogP contribution >= 0.6 is 0 Å². The van der Waals surface area contributed by atoms with Crippen LogP contribution in [0, 0.1) is 5.92 Å². The molecule has 0 radical (unpaired) electrons. The Hall–Kier alpha value is -7.57. The molecular formula is C48H58N10O9. The first-order chi connectivity index (χ1) is 32.2. The number of imide groups is 1. The summed E-state index contributed by atoms with van der Waals surface area (Å²) in [5, 5.41) is 16.2. The highest BCUT2D eigenvalue weighted by Gasteiger charge is 2.30. The highest BCUT2D eigenvalue weighted by Crippen LogP contribution is 2.29. The average Bonchev–Trinajstić information content (AvgIpc) is 3.90. The van der Waals surface area contributed by atoms with Crippen LogP contribution in [0.5, 0.6) is 0 Å². The molecule has 9 amide bonds. The molecule has 0 spiro atoms. The number of ether oxygens (including phenoxy) is 1. The molecule has 354 valence electrons. The molecule has 3 atom stereocenters. The Bertz CT molecular complexity index is 2470. The number of piperidine rings is 1. The molecule has 2 aliphatic heterocycles. The van der Waals surface area contributed by atoms with Gasteiger partial charge in [-0.25, -0.2) is 14.3 Å². The Labute approximate surface area is 388 Å². The second-order valence-corrected chi connectivity index (χ2v) is 17.1. The SMILES string of the molecule is CC(C)[C@H](NC(=O)CCCCCN1C(=O)C=CC1=O)C(=O)N[C@@H](CCCNC(N)=O)C(=O)Nc1ccc(COC(=O)N2CCC[C@@H](c3ccc(-n4cc5cccc(C(N)=O)c5n4)cc3)C2)cc1. The van der Waals surface area contributed by atoms with E-state index in [-0.39, 0.29) is 62.1 Å². The molecule has 0 unspecified atom stereocenters. The van der Waals surface area contributed by atoms with Crippen LogP contribution in [-0.4, -0.2) is 105 Å². The number of hydrogen-bond donors (Lipinski definition) is 6. The summed E-state index contributed by atoms with van der Waals surface area (Å²) < 4.78 is 7.41. The van der Waals surface area contributed by atoms with E-state index in [9.17, 15) is 38.4 Å². The minimum atomic E-state index is -1.03. The Morgan fingerprint density at radius 1 is 0.851 bits per heavy atom. The van der Waals surface area contributed by atoms with Gasteiger partial charge < -0.3 is 42.4 Å². The number of anilines is 1. The number of nitrogens with two attached hydrogens (primary N) is 2. The number of amides is 9. The molecule has 1 fully saturated rings. The van der Waals surface area contributed by atoms with E-state index in [2.05, 4.69) is 26.4 Å². The highest BCUT2D eigenvalue weighted by atomic mass is 16.6. The zero-order valence-corrected chi connectivity index (χ0v) is 37.7. The lowest BCUT2D eigenvalue weighted by Crippen LogP contribution is -2.54. The van der Waals surface area contributed by atoms with Crippen molar-refractivity contribution in [2.24, 2.45) is 17.4 Å². The number of urea groups is 1. The molecule has 0 aliphatic carbocycles. The maximum atomic E-state index is 13.6. The van der Waals surface area contributed by atoms with E-state index >= 15 is 0 Å². The molecule has 6 rings (SSSR count). The van der Waals surface area contributed by atoms with Gasteiger partial charge >= 0.3 is 12.1 Å². The average molecular weight is 919 g/mol. The number of carbonyl (C=O) groups is 8. The largest absolute Gasteiger partial charge is 0.445 e. The zero-order valence-electron chi connectivity index (χ0n) is 37.7. The summed E-state index contributed by atoms with van der Waals surface area (Å²) in [6.45, 7) is 5.03. The Kier molecular flexibility index (Phi) is 16.8. The van der Waals surface area contributed by atoms with E-state index in [0.717, 1.165) is 34.4 Å². The van der Waals surface area contributed by atoms with Crippen molar-refractivity contribution in [1.82, 2.24) is 35.5 Å². The van der Waals surface area contributed by atoms with E-state index in [4.69, 9.17) is 16.2 Å². The van der Waals surface area contributed by atoms with Crippen LogP contribution in [0.15, 0.2) is 85.1 Å². The first kappa shape index (κ1) is 48.9. The van der Waals surface area contributed by atoms with Gasteiger partial charge in [0.15, 0.2) is 0 Å². The van der Waals surface area contributed by atoms with Crippen molar-refractivity contribution in [3.8, 4) is 5.69 Å². The summed E-state index contributed by atoms with van der Waals surface area (Å²) in [5.74, 6) is -2.89. The van der Waals surface area contributed by atoms with Gasteiger partial charge in [0, 0.05) is 67.9 Å². The molecule has 19 heteroatoms. The van der Waals surface area contributed by atoms with Crippen LogP contribution in [0.3, 0.4) is 0 Å². The van der Waals surface area contributed by atoms with Crippen molar-refractivity contribution in [1.29, 1.82) is 0 Å². The molecule has 0 bridgehead atoms. The van der Waals surface area contributed by atoms with Crippen LogP contribution < -0.4 is 32.7 Å². The van der Waals surface area contributed by atoms with Gasteiger partial charge in [0.05, 0.1) is 11.3 Å². The molecule has 67 heavy (non-hydrogen) atoms. The van der Waals surface area contributed by atoms with Crippen molar-refractivity contribution in [3.63, 3.8) is 0 Å². The Morgan fingerprint density at radius 2 is 1.58 bits per heavy atom.